The van der Waals surface area contributed by atoms with Gasteiger partial charge in [-0.3, -0.25) is 0 Å². The van der Waals surface area contributed by atoms with Crippen molar-refractivity contribution in [3.8, 4) is 0 Å². The first kappa shape index (κ1) is 17.3. The van der Waals surface area contributed by atoms with Crippen LogP contribution in [0.4, 0.5) is 0 Å². The second-order valence-electron chi connectivity index (χ2n) is 7.41. The SMILES string of the molecule is CN(C1CCCCCCCCCCC1)C1CCCNCC1. The Balaban J connectivity index is 1.82. The lowest BCUT2D eigenvalue weighted by Gasteiger charge is -2.35. The Bertz CT molecular complexity index is 234. The topological polar surface area (TPSA) is 15.3 Å². The first-order valence-electron chi connectivity index (χ1n) is 9.80. The third-order valence-corrected chi connectivity index (χ3v) is 5.77. The summed E-state index contributed by atoms with van der Waals surface area (Å²) in [7, 11) is 2.42. The van der Waals surface area contributed by atoms with Crippen LogP contribution in [0.25, 0.3) is 0 Å². The molecule has 1 N–H and O–H groups in total. The van der Waals surface area contributed by atoms with Gasteiger partial charge in [0.05, 0.1) is 0 Å². The van der Waals surface area contributed by atoms with Crippen molar-refractivity contribution >= 4 is 0 Å². The fourth-order valence-corrected chi connectivity index (χ4v) is 4.26. The van der Waals surface area contributed by atoms with Crippen molar-refractivity contribution in [1.82, 2.24) is 10.2 Å². The summed E-state index contributed by atoms with van der Waals surface area (Å²) in [4.78, 5) is 2.78. The molecule has 2 nitrogen and oxygen atoms in total. The van der Waals surface area contributed by atoms with Crippen LogP contribution >= 0.6 is 0 Å². The van der Waals surface area contributed by atoms with Crippen LogP contribution in [-0.4, -0.2) is 37.1 Å². The van der Waals surface area contributed by atoms with Crippen LogP contribution in [0.2, 0.25) is 0 Å². The van der Waals surface area contributed by atoms with Gasteiger partial charge in [-0.05, 0) is 52.2 Å². The lowest BCUT2D eigenvalue weighted by Crippen LogP contribution is -2.40. The van der Waals surface area contributed by atoms with Gasteiger partial charge in [0.15, 0.2) is 0 Å². The number of rotatable bonds is 2. The summed E-state index contributed by atoms with van der Waals surface area (Å²) in [6, 6.07) is 1.69. The molecule has 2 heteroatoms. The van der Waals surface area contributed by atoms with Crippen molar-refractivity contribution < 1.29 is 0 Å². The summed E-state index contributed by atoms with van der Waals surface area (Å²) in [5.74, 6) is 0. The summed E-state index contributed by atoms with van der Waals surface area (Å²) in [5, 5.41) is 3.56. The summed E-state index contributed by atoms with van der Waals surface area (Å²) in [6.45, 7) is 2.46. The minimum absolute atomic E-state index is 0.831. The zero-order valence-electron chi connectivity index (χ0n) is 14.4. The van der Waals surface area contributed by atoms with Crippen molar-refractivity contribution in [3.63, 3.8) is 0 Å². The van der Waals surface area contributed by atoms with Gasteiger partial charge in [0, 0.05) is 12.1 Å². The van der Waals surface area contributed by atoms with Crippen molar-refractivity contribution in [2.24, 2.45) is 0 Å². The largest absolute Gasteiger partial charge is 0.317 e. The summed E-state index contributed by atoms with van der Waals surface area (Å²) in [5.41, 5.74) is 0. The summed E-state index contributed by atoms with van der Waals surface area (Å²) in [6.07, 6.45) is 20.3. The molecule has 0 spiro atoms. The van der Waals surface area contributed by atoms with Crippen LogP contribution in [0.15, 0.2) is 0 Å². The molecule has 1 aliphatic carbocycles. The molecule has 1 unspecified atom stereocenters. The molecule has 0 amide bonds. The van der Waals surface area contributed by atoms with E-state index in [2.05, 4.69) is 17.3 Å². The number of hydrogen-bond acceptors (Lipinski definition) is 2. The molecule has 0 aromatic rings. The molecule has 0 bridgehead atoms. The lowest BCUT2D eigenvalue weighted by molar-refractivity contribution is 0.139. The second kappa shape index (κ2) is 10.6. The predicted molar refractivity (Wildman–Crippen MR) is 92.8 cm³/mol. The standard InChI is InChI=1S/C19H38N2/c1-21(19-14-11-16-20-17-15-19)18-12-9-7-5-3-2-4-6-8-10-13-18/h18-20H,2-17H2,1H3. The van der Waals surface area contributed by atoms with Gasteiger partial charge in [0.2, 0.25) is 0 Å². The van der Waals surface area contributed by atoms with E-state index in [4.69, 9.17) is 0 Å². The van der Waals surface area contributed by atoms with Gasteiger partial charge in [-0.1, -0.05) is 57.8 Å². The third-order valence-electron chi connectivity index (χ3n) is 5.77. The van der Waals surface area contributed by atoms with Crippen LogP contribution in [0.3, 0.4) is 0 Å². The van der Waals surface area contributed by atoms with E-state index in [1.54, 1.807) is 0 Å². The van der Waals surface area contributed by atoms with Crippen LogP contribution in [0.5, 0.6) is 0 Å². The monoisotopic (exact) mass is 294 g/mol. The number of hydrogen-bond donors (Lipinski definition) is 1. The molecule has 2 aliphatic rings. The van der Waals surface area contributed by atoms with Crippen molar-refractivity contribution in [1.29, 1.82) is 0 Å². The van der Waals surface area contributed by atoms with Gasteiger partial charge < -0.3 is 10.2 Å². The van der Waals surface area contributed by atoms with Crippen molar-refractivity contribution in [2.45, 2.75) is 102 Å². The average Bonchev–Trinajstić information content (AvgIpc) is 2.76. The molecular formula is C19H38N2. The first-order chi connectivity index (χ1) is 10.4. The summed E-state index contributed by atoms with van der Waals surface area (Å²) < 4.78 is 0. The Kier molecular flexibility index (Phi) is 8.73. The molecule has 1 saturated heterocycles. The molecule has 0 aromatic heterocycles. The molecule has 0 radical (unpaired) electrons. The van der Waals surface area contributed by atoms with E-state index >= 15 is 0 Å². The molecule has 2 rings (SSSR count). The second-order valence-corrected chi connectivity index (χ2v) is 7.41. The van der Waals surface area contributed by atoms with Gasteiger partial charge >= 0.3 is 0 Å². The van der Waals surface area contributed by atoms with Crippen molar-refractivity contribution in [3.05, 3.63) is 0 Å². The van der Waals surface area contributed by atoms with Gasteiger partial charge in [-0.15, -0.1) is 0 Å². The van der Waals surface area contributed by atoms with E-state index in [0.29, 0.717) is 0 Å². The molecule has 21 heavy (non-hydrogen) atoms. The van der Waals surface area contributed by atoms with Gasteiger partial charge in [0.25, 0.3) is 0 Å². The fourth-order valence-electron chi connectivity index (χ4n) is 4.26. The number of nitrogens with one attached hydrogen (secondary N) is 1. The quantitative estimate of drug-likeness (QED) is 0.792. The molecule has 1 aliphatic heterocycles. The molecule has 0 aromatic carbocycles. The normalized spacial score (nSPS) is 28.6. The van der Waals surface area contributed by atoms with E-state index in [0.717, 1.165) is 12.1 Å². The highest BCUT2D eigenvalue weighted by molar-refractivity contribution is 4.80. The van der Waals surface area contributed by atoms with Crippen LogP contribution in [-0.2, 0) is 0 Å². The first-order valence-corrected chi connectivity index (χ1v) is 9.80. The third kappa shape index (κ3) is 6.69. The Morgan fingerprint density at radius 1 is 0.571 bits per heavy atom. The molecule has 2 fully saturated rings. The zero-order chi connectivity index (χ0) is 14.8. The molecule has 1 heterocycles. The van der Waals surface area contributed by atoms with E-state index in [1.807, 2.05) is 0 Å². The highest BCUT2D eigenvalue weighted by Gasteiger charge is 2.23. The molecule has 1 saturated carbocycles. The molecular weight excluding hydrogens is 256 g/mol. The Morgan fingerprint density at radius 2 is 1.05 bits per heavy atom. The van der Waals surface area contributed by atoms with E-state index in [9.17, 15) is 0 Å². The van der Waals surface area contributed by atoms with Gasteiger partial charge in [-0.2, -0.15) is 0 Å². The minimum atomic E-state index is 0.831. The fraction of sp³-hybridized carbons (Fsp3) is 1.00. The van der Waals surface area contributed by atoms with E-state index < -0.39 is 0 Å². The van der Waals surface area contributed by atoms with Crippen molar-refractivity contribution in [2.75, 3.05) is 20.1 Å². The average molecular weight is 295 g/mol. The maximum Gasteiger partial charge on any atom is 0.0108 e. The van der Waals surface area contributed by atoms with Gasteiger partial charge in [0.1, 0.15) is 0 Å². The Hall–Kier alpha value is -0.0800. The molecule has 124 valence electrons. The highest BCUT2D eigenvalue weighted by Crippen LogP contribution is 2.23. The van der Waals surface area contributed by atoms with Crippen LogP contribution in [0, 0.1) is 0 Å². The zero-order valence-corrected chi connectivity index (χ0v) is 14.4. The predicted octanol–water partition coefficient (Wildman–Crippen LogP) is 4.73. The smallest absolute Gasteiger partial charge is 0.0108 e. The highest BCUT2D eigenvalue weighted by atomic mass is 15.2. The van der Waals surface area contributed by atoms with E-state index in [1.165, 1.54) is 103 Å². The number of nitrogens with zero attached hydrogens (tertiary/aromatic N) is 1. The Morgan fingerprint density at radius 3 is 1.67 bits per heavy atom. The van der Waals surface area contributed by atoms with Gasteiger partial charge in [-0.25, -0.2) is 0 Å². The summed E-state index contributed by atoms with van der Waals surface area (Å²) >= 11 is 0. The maximum absolute atomic E-state index is 3.56. The lowest BCUT2D eigenvalue weighted by atomic mass is 9.95. The van der Waals surface area contributed by atoms with E-state index in [-0.39, 0.29) is 0 Å². The molecule has 1 atom stereocenters. The van der Waals surface area contributed by atoms with Crippen LogP contribution < -0.4 is 5.32 Å². The minimum Gasteiger partial charge on any atom is -0.317 e. The maximum atomic E-state index is 3.56. The Labute approximate surface area is 133 Å². The van der Waals surface area contributed by atoms with Crippen LogP contribution in [0.1, 0.15) is 89.9 Å².